The standard InChI is InChI=1S/C21H30N4O2/c1-2-22-11-13-23(14-12-22)15-17-6-8-18(9-7-17)16-25-20(26)19-5-3-4-10-24(19)21(25)27/h6-9,19H,2-5,10-16H2,1H3/t19-/m0/s1. The zero-order chi connectivity index (χ0) is 18.8. The fourth-order valence-electron chi connectivity index (χ4n) is 4.45. The molecule has 3 aliphatic rings. The third-order valence-electron chi connectivity index (χ3n) is 6.21. The Balaban J connectivity index is 1.34. The summed E-state index contributed by atoms with van der Waals surface area (Å²) in [5.74, 6) is -0.0161. The maximum atomic E-state index is 12.6. The van der Waals surface area contributed by atoms with Gasteiger partial charge in [0.15, 0.2) is 0 Å². The van der Waals surface area contributed by atoms with Crippen molar-refractivity contribution >= 4 is 11.9 Å². The Bertz CT molecular complexity index is 658. The normalized spacial score (nSPS) is 24.6. The van der Waals surface area contributed by atoms with E-state index in [0.717, 1.165) is 70.6 Å². The second kappa shape index (κ2) is 7.98. The van der Waals surface area contributed by atoms with E-state index in [2.05, 4.69) is 41.0 Å². The van der Waals surface area contributed by atoms with Crippen molar-refractivity contribution in [3.05, 3.63) is 35.4 Å². The smallest absolute Gasteiger partial charge is 0.312 e. The lowest BCUT2D eigenvalue weighted by Gasteiger charge is -2.34. The molecule has 146 valence electrons. The Morgan fingerprint density at radius 1 is 0.852 bits per heavy atom. The number of hydrogen-bond donors (Lipinski definition) is 0. The van der Waals surface area contributed by atoms with Gasteiger partial charge in [-0.3, -0.25) is 14.6 Å². The maximum absolute atomic E-state index is 12.6. The van der Waals surface area contributed by atoms with E-state index in [1.54, 1.807) is 4.90 Å². The van der Waals surface area contributed by atoms with Crippen molar-refractivity contribution in [2.45, 2.75) is 45.3 Å². The fourth-order valence-corrected chi connectivity index (χ4v) is 4.45. The first kappa shape index (κ1) is 18.4. The molecule has 4 rings (SSSR count). The van der Waals surface area contributed by atoms with Gasteiger partial charge in [0.1, 0.15) is 6.04 Å². The van der Waals surface area contributed by atoms with Crippen molar-refractivity contribution < 1.29 is 9.59 Å². The van der Waals surface area contributed by atoms with Crippen LogP contribution in [0.4, 0.5) is 4.79 Å². The molecule has 1 aromatic rings. The number of fused-ring (bicyclic) bond motifs is 1. The van der Waals surface area contributed by atoms with Crippen molar-refractivity contribution in [3.8, 4) is 0 Å². The van der Waals surface area contributed by atoms with Crippen LogP contribution in [0.5, 0.6) is 0 Å². The second-order valence-electron chi connectivity index (χ2n) is 7.94. The molecule has 6 heteroatoms. The molecule has 1 aromatic carbocycles. The number of hydrogen-bond acceptors (Lipinski definition) is 4. The first-order valence-electron chi connectivity index (χ1n) is 10.3. The molecule has 3 amide bonds. The molecular weight excluding hydrogens is 340 g/mol. The highest BCUT2D eigenvalue weighted by molar-refractivity contribution is 6.04. The second-order valence-corrected chi connectivity index (χ2v) is 7.94. The fraction of sp³-hybridized carbons (Fsp3) is 0.619. The molecule has 1 atom stereocenters. The van der Waals surface area contributed by atoms with E-state index in [4.69, 9.17) is 0 Å². The Labute approximate surface area is 161 Å². The van der Waals surface area contributed by atoms with Crippen molar-refractivity contribution in [1.29, 1.82) is 0 Å². The molecule has 6 nitrogen and oxygen atoms in total. The Kier molecular flexibility index (Phi) is 5.45. The topological polar surface area (TPSA) is 47.1 Å². The summed E-state index contributed by atoms with van der Waals surface area (Å²) >= 11 is 0. The van der Waals surface area contributed by atoms with E-state index in [1.807, 2.05) is 0 Å². The molecular formula is C21H30N4O2. The summed E-state index contributed by atoms with van der Waals surface area (Å²) in [7, 11) is 0. The number of piperazine rings is 1. The van der Waals surface area contributed by atoms with Crippen LogP contribution in [0.25, 0.3) is 0 Å². The maximum Gasteiger partial charge on any atom is 0.327 e. The van der Waals surface area contributed by atoms with Crippen LogP contribution in [-0.2, 0) is 17.9 Å². The number of urea groups is 1. The van der Waals surface area contributed by atoms with E-state index < -0.39 is 0 Å². The van der Waals surface area contributed by atoms with Crippen LogP contribution >= 0.6 is 0 Å². The molecule has 0 spiro atoms. The Hall–Kier alpha value is -1.92. The minimum atomic E-state index is -0.215. The highest BCUT2D eigenvalue weighted by atomic mass is 16.2. The number of amides is 3. The van der Waals surface area contributed by atoms with Gasteiger partial charge in [0.05, 0.1) is 6.54 Å². The van der Waals surface area contributed by atoms with Crippen LogP contribution in [0.2, 0.25) is 0 Å². The molecule has 3 aliphatic heterocycles. The largest absolute Gasteiger partial charge is 0.327 e. The molecule has 27 heavy (non-hydrogen) atoms. The van der Waals surface area contributed by atoms with Crippen LogP contribution < -0.4 is 0 Å². The number of rotatable bonds is 5. The molecule has 0 bridgehead atoms. The summed E-state index contributed by atoms with van der Waals surface area (Å²) in [6, 6.07) is 8.08. The van der Waals surface area contributed by atoms with E-state index in [1.165, 1.54) is 10.5 Å². The summed E-state index contributed by atoms with van der Waals surface area (Å²) in [5.41, 5.74) is 2.32. The van der Waals surface area contributed by atoms with Crippen LogP contribution in [0.1, 0.15) is 37.3 Å². The third-order valence-corrected chi connectivity index (χ3v) is 6.21. The van der Waals surface area contributed by atoms with Crippen molar-refractivity contribution in [2.24, 2.45) is 0 Å². The molecule has 0 radical (unpaired) electrons. The van der Waals surface area contributed by atoms with Gasteiger partial charge in [0, 0.05) is 39.3 Å². The van der Waals surface area contributed by atoms with Gasteiger partial charge >= 0.3 is 6.03 Å². The van der Waals surface area contributed by atoms with Crippen LogP contribution in [0.3, 0.4) is 0 Å². The summed E-state index contributed by atoms with van der Waals surface area (Å²) in [5, 5.41) is 0. The van der Waals surface area contributed by atoms with Gasteiger partial charge in [0.2, 0.25) is 0 Å². The van der Waals surface area contributed by atoms with Crippen molar-refractivity contribution in [3.63, 3.8) is 0 Å². The minimum Gasteiger partial charge on any atom is -0.312 e. The number of imide groups is 1. The molecule has 0 saturated carbocycles. The average Bonchev–Trinajstić information content (AvgIpc) is 2.95. The zero-order valence-electron chi connectivity index (χ0n) is 16.3. The van der Waals surface area contributed by atoms with Gasteiger partial charge < -0.3 is 9.80 Å². The molecule has 0 unspecified atom stereocenters. The zero-order valence-corrected chi connectivity index (χ0v) is 16.3. The van der Waals surface area contributed by atoms with Gasteiger partial charge in [-0.2, -0.15) is 0 Å². The highest BCUT2D eigenvalue weighted by Crippen LogP contribution is 2.27. The summed E-state index contributed by atoms with van der Waals surface area (Å²) in [6.07, 6.45) is 2.85. The predicted octanol–water partition coefficient (Wildman–Crippen LogP) is 2.14. The monoisotopic (exact) mass is 370 g/mol. The summed E-state index contributed by atoms with van der Waals surface area (Å²) in [6.45, 7) is 9.94. The number of likely N-dealkylation sites (N-methyl/N-ethyl adjacent to an activating group) is 1. The number of carbonyl (C=O) groups excluding carboxylic acids is 2. The van der Waals surface area contributed by atoms with Crippen LogP contribution in [0.15, 0.2) is 24.3 Å². The number of benzene rings is 1. The van der Waals surface area contributed by atoms with Gasteiger partial charge in [-0.15, -0.1) is 0 Å². The van der Waals surface area contributed by atoms with Crippen LogP contribution in [0, 0.1) is 0 Å². The quantitative estimate of drug-likeness (QED) is 0.745. The number of carbonyl (C=O) groups is 2. The van der Waals surface area contributed by atoms with Crippen molar-refractivity contribution in [1.82, 2.24) is 19.6 Å². The molecule has 0 aliphatic carbocycles. The minimum absolute atomic E-state index is 0.0161. The summed E-state index contributed by atoms with van der Waals surface area (Å²) in [4.78, 5) is 33.3. The molecule has 3 heterocycles. The number of nitrogens with zero attached hydrogens (tertiary/aromatic N) is 4. The SMILES string of the molecule is CCN1CCN(Cc2ccc(CN3C(=O)[C@@H]4CCCCN4C3=O)cc2)CC1. The van der Waals surface area contributed by atoms with Gasteiger partial charge in [0.25, 0.3) is 5.91 Å². The van der Waals surface area contributed by atoms with Gasteiger partial charge in [-0.25, -0.2) is 4.79 Å². The molecule has 0 aromatic heterocycles. The van der Waals surface area contributed by atoms with E-state index >= 15 is 0 Å². The van der Waals surface area contributed by atoms with Crippen LogP contribution in [-0.4, -0.2) is 76.8 Å². The molecule has 3 saturated heterocycles. The average molecular weight is 370 g/mol. The Morgan fingerprint density at radius 3 is 2.11 bits per heavy atom. The molecule has 0 N–H and O–H groups in total. The van der Waals surface area contributed by atoms with E-state index in [0.29, 0.717) is 6.54 Å². The third kappa shape index (κ3) is 3.87. The van der Waals surface area contributed by atoms with Gasteiger partial charge in [-0.1, -0.05) is 31.2 Å². The predicted molar refractivity (Wildman–Crippen MR) is 104 cm³/mol. The lowest BCUT2D eigenvalue weighted by atomic mass is 10.0. The highest BCUT2D eigenvalue weighted by Gasteiger charge is 2.45. The lowest BCUT2D eigenvalue weighted by molar-refractivity contribution is -0.129. The van der Waals surface area contributed by atoms with Gasteiger partial charge in [-0.05, 0) is 36.9 Å². The Morgan fingerprint density at radius 2 is 1.48 bits per heavy atom. The number of piperidine rings is 1. The first-order chi connectivity index (χ1) is 13.2. The van der Waals surface area contributed by atoms with E-state index in [-0.39, 0.29) is 18.0 Å². The summed E-state index contributed by atoms with van der Waals surface area (Å²) < 4.78 is 0. The first-order valence-corrected chi connectivity index (χ1v) is 10.3. The van der Waals surface area contributed by atoms with E-state index in [9.17, 15) is 9.59 Å². The lowest BCUT2D eigenvalue weighted by Crippen LogP contribution is -2.45. The van der Waals surface area contributed by atoms with Crippen molar-refractivity contribution in [2.75, 3.05) is 39.3 Å². The molecule has 3 fully saturated rings.